The third-order valence-electron chi connectivity index (χ3n) is 4.51. The van der Waals surface area contributed by atoms with Crippen molar-refractivity contribution in [3.63, 3.8) is 0 Å². The summed E-state index contributed by atoms with van der Waals surface area (Å²) in [6.45, 7) is 2.11. The minimum absolute atomic E-state index is 0.142. The number of fused-ring (bicyclic) bond motifs is 5. The van der Waals surface area contributed by atoms with Gasteiger partial charge in [0, 0.05) is 5.92 Å². The second-order valence-corrected chi connectivity index (χ2v) is 5.45. The lowest BCUT2D eigenvalue weighted by Crippen LogP contribution is -2.28. The Balaban J connectivity index is 2.20. The molecule has 2 atom stereocenters. The summed E-state index contributed by atoms with van der Waals surface area (Å²) in [5.74, 6) is 1.44. The molecule has 17 heavy (non-hydrogen) atoms. The number of hydrogen-bond donors (Lipinski definition) is 0. The zero-order valence-electron chi connectivity index (χ0n) is 10.5. The van der Waals surface area contributed by atoms with Gasteiger partial charge in [-0.2, -0.15) is 0 Å². The fourth-order valence-electron chi connectivity index (χ4n) is 3.47. The number of Topliss-reactive ketones (excluding diaryl/α,β-unsaturated/α-hetero) is 1. The highest BCUT2D eigenvalue weighted by Crippen LogP contribution is 2.50. The Kier molecular flexibility index (Phi) is 2.29. The second-order valence-electron chi connectivity index (χ2n) is 5.45. The molecule has 3 rings (SSSR count). The molecule has 0 saturated heterocycles. The van der Waals surface area contributed by atoms with Crippen LogP contribution in [-0.2, 0) is 10.2 Å². The Hall–Kier alpha value is -1.31. The fraction of sp³-hybridized carbons (Fsp3) is 0.533. The molecular formula is C15H18O2. The molecule has 1 aromatic rings. The van der Waals surface area contributed by atoms with E-state index in [9.17, 15) is 4.79 Å². The Morgan fingerprint density at radius 1 is 1.35 bits per heavy atom. The van der Waals surface area contributed by atoms with Crippen LogP contribution in [0.4, 0.5) is 0 Å². The van der Waals surface area contributed by atoms with Crippen LogP contribution in [0, 0.1) is 0 Å². The number of benzene rings is 1. The maximum Gasteiger partial charge on any atom is 0.150 e. The second kappa shape index (κ2) is 3.59. The molecule has 0 spiro atoms. The van der Waals surface area contributed by atoms with Gasteiger partial charge in [-0.15, -0.1) is 0 Å². The molecule has 2 unspecified atom stereocenters. The smallest absolute Gasteiger partial charge is 0.150 e. The molecule has 0 heterocycles. The van der Waals surface area contributed by atoms with E-state index in [2.05, 4.69) is 19.1 Å². The monoisotopic (exact) mass is 230 g/mol. The molecule has 1 saturated carbocycles. The first-order valence-corrected chi connectivity index (χ1v) is 6.39. The van der Waals surface area contributed by atoms with E-state index in [4.69, 9.17) is 4.74 Å². The molecule has 2 nitrogen and oxygen atoms in total. The lowest BCUT2D eigenvalue weighted by atomic mass is 9.79. The van der Waals surface area contributed by atoms with Crippen LogP contribution >= 0.6 is 0 Å². The van der Waals surface area contributed by atoms with Crippen molar-refractivity contribution >= 4 is 5.78 Å². The van der Waals surface area contributed by atoms with Crippen LogP contribution in [0.2, 0.25) is 0 Å². The Bertz CT molecular complexity index is 478. The van der Waals surface area contributed by atoms with Gasteiger partial charge in [0.05, 0.1) is 12.5 Å². The maximum atomic E-state index is 12.5. The fourth-order valence-corrected chi connectivity index (χ4v) is 3.47. The summed E-state index contributed by atoms with van der Waals surface area (Å²) in [5.41, 5.74) is 2.20. The molecule has 1 fully saturated rings. The zero-order chi connectivity index (χ0) is 12.0. The van der Waals surface area contributed by atoms with Gasteiger partial charge in [0.15, 0.2) is 5.78 Å². The van der Waals surface area contributed by atoms with E-state index in [1.165, 1.54) is 17.5 Å². The van der Waals surface area contributed by atoms with Crippen molar-refractivity contribution in [1.82, 2.24) is 0 Å². The molecule has 2 aliphatic rings. The number of methoxy groups -OCH3 is 1. The third-order valence-corrected chi connectivity index (χ3v) is 4.51. The van der Waals surface area contributed by atoms with Crippen molar-refractivity contribution in [2.24, 2.45) is 0 Å². The van der Waals surface area contributed by atoms with E-state index in [0.29, 0.717) is 5.78 Å². The van der Waals surface area contributed by atoms with E-state index in [-0.39, 0.29) is 11.3 Å². The minimum Gasteiger partial charge on any atom is -0.497 e. The van der Waals surface area contributed by atoms with Gasteiger partial charge in [-0.25, -0.2) is 0 Å². The minimum atomic E-state index is -0.259. The first-order chi connectivity index (χ1) is 8.16. The van der Waals surface area contributed by atoms with Crippen molar-refractivity contribution in [3.05, 3.63) is 29.3 Å². The number of carbonyl (C=O) groups excluding carboxylic acids is 1. The molecule has 1 aromatic carbocycles. The highest BCUT2D eigenvalue weighted by atomic mass is 16.5. The van der Waals surface area contributed by atoms with Crippen LogP contribution in [-0.4, -0.2) is 12.9 Å². The van der Waals surface area contributed by atoms with E-state index in [1.807, 2.05) is 6.07 Å². The lowest BCUT2D eigenvalue weighted by Gasteiger charge is -2.23. The number of ether oxygens (including phenoxy) is 1. The molecule has 0 amide bonds. The van der Waals surface area contributed by atoms with Crippen LogP contribution in [0.25, 0.3) is 0 Å². The van der Waals surface area contributed by atoms with E-state index in [0.717, 1.165) is 25.0 Å². The lowest BCUT2D eigenvalue weighted by molar-refractivity contribution is -0.124. The quantitative estimate of drug-likeness (QED) is 0.740. The van der Waals surface area contributed by atoms with Crippen LogP contribution in [0.3, 0.4) is 0 Å². The maximum absolute atomic E-state index is 12.5. The summed E-state index contributed by atoms with van der Waals surface area (Å²) in [4.78, 5) is 12.5. The summed E-state index contributed by atoms with van der Waals surface area (Å²) < 4.78 is 5.29. The highest BCUT2D eigenvalue weighted by Gasteiger charge is 2.49. The molecular weight excluding hydrogens is 212 g/mol. The molecule has 0 N–H and O–H groups in total. The summed E-state index contributed by atoms with van der Waals surface area (Å²) in [6.07, 6.45) is 4.35. The Labute approximate surface area is 102 Å². The van der Waals surface area contributed by atoms with Crippen LogP contribution in [0.15, 0.2) is 18.2 Å². The van der Waals surface area contributed by atoms with Gasteiger partial charge in [0.1, 0.15) is 5.75 Å². The predicted molar refractivity (Wildman–Crippen MR) is 66.6 cm³/mol. The first kappa shape index (κ1) is 10.8. The average Bonchev–Trinajstić information content (AvgIpc) is 2.46. The molecule has 2 bridgehead atoms. The van der Waals surface area contributed by atoms with Gasteiger partial charge in [0.25, 0.3) is 0 Å². The summed E-state index contributed by atoms with van der Waals surface area (Å²) in [6, 6.07) is 6.14. The normalized spacial score (nSPS) is 30.9. The Morgan fingerprint density at radius 3 is 2.94 bits per heavy atom. The molecule has 90 valence electrons. The number of carbonyl (C=O) groups is 1. The molecule has 2 heteroatoms. The zero-order valence-corrected chi connectivity index (χ0v) is 10.5. The highest BCUT2D eigenvalue weighted by molar-refractivity contribution is 6.00. The van der Waals surface area contributed by atoms with Gasteiger partial charge in [-0.3, -0.25) is 4.79 Å². The summed E-state index contributed by atoms with van der Waals surface area (Å²) >= 11 is 0. The standard InChI is InChI=1S/C15H18O2/c1-15-8-4-3-5-12(14(15)16)11-7-6-10(17-2)9-13(11)15/h6-7,9,12H,3-5,8H2,1-2H3. The largest absolute Gasteiger partial charge is 0.497 e. The van der Waals surface area contributed by atoms with Crippen molar-refractivity contribution in [2.75, 3.05) is 7.11 Å². The third kappa shape index (κ3) is 1.36. The van der Waals surface area contributed by atoms with Crippen molar-refractivity contribution in [1.29, 1.82) is 0 Å². The topological polar surface area (TPSA) is 26.3 Å². The predicted octanol–water partition coefficient (Wildman–Crippen LogP) is 3.19. The van der Waals surface area contributed by atoms with Gasteiger partial charge in [-0.1, -0.05) is 18.9 Å². The van der Waals surface area contributed by atoms with Crippen LogP contribution in [0.5, 0.6) is 5.75 Å². The van der Waals surface area contributed by atoms with Gasteiger partial charge in [-0.05, 0) is 43.0 Å². The van der Waals surface area contributed by atoms with Crippen LogP contribution in [0.1, 0.15) is 49.7 Å². The number of hydrogen-bond acceptors (Lipinski definition) is 2. The van der Waals surface area contributed by atoms with Crippen molar-refractivity contribution in [2.45, 2.75) is 43.9 Å². The van der Waals surface area contributed by atoms with Crippen LogP contribution < -0.4 is 4.74 Å². The van der Waals surface area contributed by atoms with E-state index < -0.39 is 0 Å². The Morgan fingerprint density at radius 2 is 2.18 bits per heavy atom. The van der Waals surface area contributed by atoms with Crippen molar-refractivity contribution in [3.8, 4) is 5.75 Å². The van der Waals surface area contributed by atoms with Gasteiger partial charge in [0.2, 0.25) is 0 Å². The molecule has 0 radical (unpaired) electrons. The van der Waals surface area contributed by atoms with E-state index in [1.54, 1.807) is 7.11 Å². The SMILES string of the molecule is COc1ccc2c(c1)C1(C)CCCCC2C1=O. The summed E-state index contributed by atoms with van der Waals surface area (Å²) in [7, 11) is 1.68. The average molecular weight is 230 g/mol. The van der Waals surface area contributed by atoms with Gasteiger partial charge < -0.3 is 4.74 Å². The first-order valence-electron chi connectivity index (χ1n) is 6.39. The molecule has 0 aliphatic heterocycles. The molecule has 0 aromatic heterocycles. The number of rotatable bonds is 1. The van der Waals surface area contributed by atoms with E-state index >= 15 is 0 Å². The molecule has 2 aliphatic carbocycles. The number of ketones is 1. The van der Waals surface area contributed by atoms with Gasteiger partial charge >= 0.3 is 0 Å². The summed E-state index contributed by atoms with van der Waals surface area (Å²) in [5, 5.41) is 0. The van der Waals surface area contributed by atoms with Crippen molar-refractivity contribution < 1.29 is 9.53 Å².